The highest BCUT2D eigenvalue weighted by atomic mass is 79.9. The Kier molecular flexibility index (Phi) is 6.06. The van der Waals surface area contributed by atoms with Crippen LogP contribution < -0.4 is 5.32 Å². The summed E-state index contributed by atoms with van der Waals surface area (Å²) in [4.78, 5) is 21.4. The number of nitrogens with zero attached hydrogens (tertiary/aromatic N) is 2. The third kappa shape index (κ3) is 4.66. The number of rotatable bonds is 5. The van der Waals surface area contributed by atoms with E-state index >= 15 is 0 Å². The van der Waals surface area contributed by atoms with Crippen LogP contribution in [0.4, 0.5) is 14.5 Å². The van der Waals surface area contributed by atoms with Crippen molar-refractivity contribution in [2.24, 2.45) is 0 Å². The molecule has 8 heteroatoms. The number of amides is 1. The van der Waals surface area contributed by atoms with Crippen molar-refractivity contribution in [3.8, 4) is 11.4 Å². The largest absolute Gasteiger partial charge is 0.324 e. The van der Waals surface area contributed by atoms with Gasteiger partial charge < -0.3 is 5.32 Å². The van der Waals surface area contributed by atoms with E-state index in [4.69, 9.17) is 0 Å². The van der Waals surface area contributed by atoms with Gasteiger partial charge in [-0.1, -0.05) is 23.9 Å². The summed E-state index contributed by atoms with van der Waals surface area (Å²) in [6, 6.07) is 17.3. The third-order valence-corrected chi connectivity index (χ3v) is 5.90. The van der Waals surface area contributed by atoms with Crippen LogP contribution in [0.15, 0.2) is 76.2 Å². The number of nitrogens with one attached hydrogen (secondary N) is 1. The average molecular weight is 486 g/mol. The zero-order valence-electron chi connectivity index (χ0n) is 15.4. The molecule has 0 atom stereocenters. The lowest BCUT2D eigenvalue weighted by Gasteiger charge is -2.10. The maximum absolute atomic E-state index is 13.8. The molecule has 4 aromatic rings. The summed E-state index contributed by atoms with van der Waals surface area (Å²) in [6.07, 6.45) is 0. The van der Waals surface area contributed by atoms with Gasteiger partial charge in [0.05, 0.1) is 17.0 Å². The Balaban J connectivity index is 1.63. The average Bonchev–Trinajstić information content (AvgIpc) is 2.74. The van der Waals surface area contributed by atoms with E-state index in [0.717, 1.165) is 4.47 Å². The van der Waals surface area contributed by atoms with Crippen LogP contribution >= 0.6 is 27.7 Å². The minimum Gasteiger partial charge on any atom is -0.324 e. The van der Waals surface area contributed by atoms with Gasteiger partial charge >= 0.3 is 0 Å². The zero-order valence-corrected chi connectivity index (χ0v) is 17.8. The molecule has 4 nitrogen and oxygen atoms in total. The van der Waals surface area contributed by atoms with Gasteiger partial charge in [0.2, 0.25) is 5.91 Å². The number of halogens is 3. The molecule has 1 amide bonds. The second-order valence-electron chi connectivity index (χ2n) is 6.34. The predicted octanol–water partition coefficient (Wildman–Crippen LogP) is 6.07. The number of carbonyl (C=O) groups is 1. The number of thioether (sulfide) groups is 1. The van der Waals surface area contributed by atoms with Gasteiger partial charge in [-0.15, -0.1) is 0 Å². The Morgan fingerprint density at radius 1 is 0.967 bits per heavy atom. The number of anilines is 1. The quantitative estimate of drug-likeness (QED) is 0.275. The van der Waals surface area contributed by atoms with Crippen LogP contribution in [0.1, 0.15) is 0 Å². The molecule has 1 N–H and O–H groups in total. The Labute approximate surface area is 183 Å². The highest BCUT2D eigenvalue weighted by molar-refractivity contribution is 9.10. The summed E-state index contributed by atoms with van der Waals surface area (Å²) in [5, 5.41) is 3.81. The summed E-state index contributed by atoms with van der Waals surface area (Å²) in [5.41, 5.74) is 1.83. The number of aromatic nitrogens is 2. The molecule has 0 spiro atoms. The molecule has 150 valence electrons. The number of hydrogen-bond donors (Lipinski definition) is 1. The van der Waals surface area contributed by atoms with Crippen molar-refractivity contribution in [3.05, 3.63) is 82.8 Å². The van der Waals surface area contributed by atoms with Crippen molar-refractivity contribution in [2.45, 2.75) is 5.03 Å². The fraction of sp³-hybridized carbons (Fsp3) is 0.0455. The molecular weight excluding hydrogens is 472 g/mol. The molecule has 0 fully saturated rings. The normalized spacial score (nSPS) is 10.9. The maximum atomic E-state index is 13.8. The van der Waals surface area contributed by atoms with Crippen LogP contribution in [-0.2, 0) is 4.79 Å². The molecule has 0 aliphatic carbocycles. The summed E-state index contributed by atoms with van der Waals surface area (Å²) in [7, 11) is 0. The standard InChI is InChI=1S/C22H14BrF2N3OS/c23-17-3-1-2-4-19(17)26-20(29)12-30-22-16-11-15(25)9-10-18(16)27-21(28-22)13-5-7-14(24)8-6-13/h1-11H,12H2,(H,26,29). The van der Waals surface area contributed by atoms with Gasteiger partial charge in [0.25, 0.3) is 0 Å². The second-order valence-corrected chi connectivity index (χ2v) is 8.16. The van der Waals surface area contributed by atoms with Crippen LogP contribution in [0.2, 0.25) is 0 Å². The number of hydrogen-bond acceptors (Lipinski definition) is 4. The van der Waals surface area contributed by atoms with E-state index in [1.165, 1.54) is 36.0 Å². The van der Waals surface area contributed by atoms with Gasteiger partial charge in [-0.2, -0.15) is 0 Å². The van der Waals surface area contributed by atoms with E-state index < -0.39 is 5.82 Å². The van der Waals surface area contributed by atoms with Crippen LogP contribution in [0.3, 0.4) is 0 Å². The fourth-order valence-corrected chi connectivity index (χ4v) is 3.99. The number of carbonyl (C=O) groups excluding carboxylic acids is 1. The number of fused-ring (bicyclic) bond motifs is 1. The monoisotopic (exact) mass is 485 g/mol. The van der Waals surface area contributed by atoms with Gasteiger partial charge in [0.1, 0.15) is 16.7 Å². The van der Waals surface area contributed by atoms with Crippen molar-refractivity contribution in [2.75, 3.05) is 11.1 Å². The van der Waals surface area contributed by atoms with E-state index in [1.807, 2.05) is 18.2 Å². The summed E-state index contributed by atoms with van der Waals surface area (Å²) in [6.45, 7) is 0. The fourth-order valence-electron chi connectivity index (χ4n) is 2.79. The van der Waals surface area contributed by atoms with Gasteiger partial charge in [0.15, 0.2) is 5.82 Å². The summed E-state index contributed by atoms with van der Waals surface area (Å²) < 4.78 is 27.9. The highest BCUT2D eigenvalue weighted by Crippen LogP contribution is 2.29. The molecule has 3 aromatic carbocycles. The number of para-hydroxylation sites is 1. The highest BCUT2D eigenvalue weighted by Gasteiger charge is 2.13. The van der Waals surface area contributed by atoms with Crippen LogP contribution in [0.25, 0.3) is 22.3 Å². The van der Waals surface area contributed by atoms with Crippen molar-refractivity contribution in [3.63, 3.8) is 0 Å². The number of benzene rings is 3. The zero-order chi connectivity index (χ0) is 21.1. The molecule has 4 rings (SSSR count). The van der Waals surface area contributed by atoms with E-state index in [9.17, 15) is 13.6 Å². The maximum Gasteiger partial charge on any atom is 0.234 e. The molecule has 30 heavy (non-hydrogen) atoms. The lowest BCUT2D eigenvalue weighted by Crippen LogP contribution is -2.14. The molecule has 0 aliphatic heterocycles. The first kappa shape index (κ1) is 20.4. The minimum atomic E-state index is -0.417. The Hall–Kier alpha value is -2.84. The van der Waals surface area contributed by atoms with Crippen LogP contribution in [-0.4, -0.2) is 21.6 Å². The summed E-state index contributed by atoms with van der Waals surface area (Å²) in [5.74, 6) is -0.548. The molecule has 0 saturated carbocycles. The summed E-state index contributed by atoms with van der Waals surface area (Å²) >= 11 is 4.58. The van der Waals surface area contributed by atoms with Crippen molar-refractivity contribution >= 4 is 50.2 Å². The molecule has 1 heterocycles. The second kappa shape index (κ2) is 8.89. The first-order valence-corrected chi connectivity index (χ1v) is 10.7. The van der Waals surface area contributed by atoms with E-state index in [-0.39, 0.29) is 17.5 Å². The van der Waals surface area contributed by atoms with Gasteiger partial charge in [-0.3, -0.25) is 4.79 Å². The molecular formula is C22H14BrF2N3OS. The van der Waals surface area contributed by atoms with Crippen LogP contribution in [0, 0.1) is 11.6 Å². The molecule has 0 unspecified atom stereocenters. The first-order valence-electron chi connectivity index (χ1n) is 8.90. The Bertz CT molecular complexity index is 1230. The Morgan fingerprint density at radius 2 is 1.70 bits per heavy atom. The van der Waals surface area contributed by atoms with Gasteiger partial charge in [0, 0.05) is 15.4 Å². The third-order valence-electron chi connectivity index (χ3n) is 4.21. The smallest absolute Gasteiger partial charge is 0.234 e. The van der Waals surface area contributed by atoms with Gasteiger partial charge in [-0.05, 0) is 70.5 Å². The van der Waals surface area contributed by atoms with Crippen molar-refractivity contribution < 1.29 is 13.6 Å². The predicted molar refractivity (Wildman–Crippen MR) is 118 cm³/mol. The van der Waals surface area contributed by atoms with Crippen molar-refractivity contribution in [1.29, 1.82) is 0 Å². The molecule has 0 radical (unpaired) electrons. The molecule has 1 aromatic heterocycles. The Morgan fingerprint density at radius 3 is 2.47 bits per heavy atom. The lowest BCUT2D eigenvalue weighted by molar-refractivity contribution is -0.113. The molecule has 0 bridgehead atoms. The van der Waals surface area contributed by atoms with Crippen LogP contribution in [0.5, 0.6) is 0 Å². The minimum absolute atomic E-state index is 0.0762. The van der Waals surface area contributed by atoms with Gasteiger partial charge in [-0.25, -0.2) is 18.7 Å². The molecule has 0 saturated heterocycles. The van der Waals surface area contributed by atoms with E-state index in [0.29, 0.717) is 33.0 Å². The van der Waals surface area contributed by atoms with Crippen molar-refractivity contribution in [1.82, 2.24) is 9.97 Å². The SMILES string of the molecule is O=C(CSc1nc(-c2ccc(F)cc2)nc2ccc(F)cc12)Nc1ccccc1Br. The topological polar surface area (TPSA) is 54.9 Å². The lowest BCUT2D eigenvalue weighted by atomic mass is 10.2. The molecule has 0 aliphatic rings. The van der Waals surface area contributed by atoms with E-state index in [1.54, 1.807) is 24.3 Å². The van der Waals surface area contributed by atoms with E-state index in [2.05, 4.69) is 31.2 Å². The first-order chi connectivity index (χ1) is 14.5.